The van der Waals surface area contributed by atoms with Crippen LogP contribution in [0.2, 0.25) is 0 Å². The number of hydrogen-bond donors (Lipinski definition) is 0. The molecule has 6 nitrogen and oxygen atoms in total. The summed E-state index contributed by atoms with van der Waals surface area (Å²) in [5.41, 5.74) is 0. The Morgan fingerprint density at radius 1 is 1.33 bits per heavy atom. The summed E-state index contributed by atoms with van der Waals surface area (Å²) in [5, 5.41) is 0. The average molecular weight is 296 g/mol. The highest BCUT2D eigenvalue weighted by Gasteiger charge is 2.59. The van der Waals surface area contributed by atoms with Gasteiger partial charge in [-0.1, -0.05) is 6.92 Å². The Kier molecular flexibility index (Phi) is 3.61. The predicted octanol–water partition coefficient (Wildman–Crippen LogP) is 0.865. The zero-order valence-corrected chi connectivity index (χ0v) is 12.3. The molecule has 0 amide bonds. The molecule has 2 saturated heterocycles. The van der Waals surface area contributed by atoms with E-state index < -0.39 is 5.79 Å². The standard InChI is InChI=1S/C15H20O6/c1-8-7-20-15(6-11(8)16)13(17)10-4-3-9(14(18)19-2)5-12(10)21-15/h8-10,12H,3-7H2,1-2H3/t8-,9+,10+,12-,15+/m1/s1. The van der Waals surface area contributed by atoms with Crippen LogP contribution in [0.25, 0.3) is 0 Å². The largest absolute Gasteiger partial charge is 0.469 e. The molecule has 0 aromatic carbocycles. The quantitative estimate of drug-likeness (QED) is 0.668. The molecule has 0 unspecified atom stereocenters. The summed E-state index contributed by atoms with van der Waals surface area (Å²) in [6, 6.07) is 0. The van der Waals surface area contributed by atoms with Gasteiger partial charge in [0.1, 0.15) is 5.78 Å². The Morgan fingerprint density at radius 3 is 2.76 bits per heavy atom. The highest BCUT2D eigenvalue weighted by Crippen LogP contribution is 2.46. The molecule has 3 fully saturated rings. The molecule has 0 aromatic rings. The van der Waals surface area contributed by atoms with Crippen molar-refractivity contribution in [3.05, 3.63) is 0 Å². The molecule has 3 rings (SSSR count). The van der Waals surface area contributed by atoms with Crippen molar-refractivity contribution in [2.45, 2.75) is 44.5 Å². The van der Waals surface area contributed by atoms with Gasteiger partial charge >= 0.3 is 5.97 Å². The molecule has 116 valence electrons. The first kappa shape index (κ1) is 14.7. The second-order valence-electron chi connectivity index (χ2n) is 6.27. The van der Waals surface area contributed by atoms with E-state index in [2.05, 4.69) is 0 Å². The van der Waals surface area contributed by atoms with Crippen LogP contribution in [0.4, 0.5) is 0 Å². The lowest BCUT2D eigenvalue weighted by molar-refractivity contribution is -0.240. The maximum absolute atomic E-state index is 12.6. The van der Waals surface area contributed by atoms with Crippen molar-refractivity contribution < 1.29 is 28.6 Å². The molecule has 5 atom stereocenters. The molecule has 2 heterocycles. The summed E-state index contributed by atoms with van der Waals surface area (Å²) in [5.74, 6) is -2.50. The summed E-state index contributed by atoms with van der Waals surface area (Å²) < 4.78 is 16.2. The topological polar surface area (TPSA) is 78.9 Å². The Hall–Kier alpha value is -1.27. The van der Waals surface area contributed by atoms with Crippen molar-refractivity contribution in [3.8, 4) is 0 Å². The van der Waals surface area contributed by atoms with Gasteiger partial charge in [-0.15, -0.1) is 0 Å². The number of esters is 1. The van der Waals surface area contributed by atoms with Crippen LogP contribution in [0.3, 0.4) is 0 Å². The molecule has 0 bridgehead atoms. The fourth-order valence-electron chi connectivity index (χ4n) is 3.57. The lowest BCUT2D eigenvalue weighted by Gasteiger charge is -2.33. The zero-order valence-electron chi connectivity index (χ0n) is 12.3. The number of ketones is 2. The third-order valence-electron chi connectivity index (χ3n) is 4.90. The maximum Gasteiger partial charge on any atom is 0.308 e. The predicted molar refractivity (Wildman–Crippen MR) is 70.2 cm³/mol. The highest BCUT2D eigenvalue weighted by molar-refractivity contribution is 5.96. The van der Waals surface area contributed by atoms with Crippen molar-refractivity contribution in [1.82, 2.24) is 0 Å². The molecule has 2 aliphatic heterocycles. The number of fused-ring (bicyclic) bond motifs is 1. The Balaban J connectivity index is 1.76. The van der Waals surface area contributed by atoms with Gasteiger partial charge in [-0.3, -0.25) is 14.4 Å². The SMILES string of the molecule is COC(=O)[C@H]1CC[C@@H]2C(=O)[C@]3(CC(=O)[C@H](C)CO3)O[C@@H]2C1. The minimum Gasteiger partial charge on any atom is -0.469 e. The molecule has 0 aromatic heterocycles. The second-order valence-corrected chi connectivity index (χ2v) is 6.27. The first-order chi connectivity index (χ1) is 9.97. The summed E-state index contributed by atoms with van der Waals surface area (Å²) >= 11 is 0. The van der Waals surface area contributed by atoms with Gasteiger partial charge in [0.2, 0.25) is 5.79 Å². The van der Waals surface area contributed by atoms with E-state index in [1.165, 1.54) is 7.11 Å². The van der Waals surface area contributed by atoms with E-state index in [4.69, 9.17) is 14.2 Å². The Labute approximate surface area is 123 Å². The van der Waals surface area contributed by atoms with Crippen LogP contribution in [0.1, 0.15) is 32.6 Å². The molecule has 3 aliphatic rings. The zero-order chi connectivity index (χ0) is 15.2. The molecule has 1 spiro atoms. The van der Waals surface area contributed by atoms with E-state index in [0.717, 1.165) is 0 Å². The molecule has 1 saturated carbocycles. The smallest absolute Gasteiger partial charge is 0.308 e. The van der Waals surface area contributed by atoms with Gasteiger partial charge in [0.15, 0.2) is 5.78 Å². The van der Waals surface area contributed by atoms with Gasteiger partial charge in [-0.2, -0.15) is 0 Å². The van der Waals surface area contributed by atoms with E-state index >= 15 is 0 Å². The first-order valence-corrected chi connectivity index (χ1v) is 7.43. The van der Waals surface area contributed by atoms with E-state index in [1.54, 1.807) is 6.92 Å². The summed E-state index contributed by atoms with van der Waals surface area (Å²) in [6.45, 7) is 2.00. The number of ether oxygens (including phenoxy) is 3. The van der Waals surface area contributed by atoms with Gasteiger partial charge in [0.05, 0.1) is 32.2 Å². The van der Waals surface area contributed by atoms with Crippen LogP contribution in [-0.4, -0.2) is 43.1 Å². The fraction of sp³-hybridized carbons (Fsp3) is 0.800. The van der Waals surface area contributed by atoms with E-state index in [9.17, 15) is 14.4 Å². The van der Waals surface area contributed by atoms with Crippen LogP contribution in [0, 0.1) is 17.8 Å². The van der Waals surface area contributed by atoms with Crippen LogP contribution >= 0.6 is 0 Å². The number of carbonyl (C=O) groups is 3. The molecular weight excluding hydrogens is 276 g/mol. The fourth-order valence-corrected chi connectivity index (χ4v) is 3.57. The average Bonchev–Trinajstić information content (AvgIpc) is 2.75. The van der Waals surface area contributed by atoms with Crippen LogP contribution in [-0.2, 0) is 28.6 Å². The summed E-state index contributed by atoms with van der Waals surface area (Å²) in [4.78, 5) is 36.2. The Morgan fingerprint density at radius 2 is 2.10 bits per heavy atom. The molecule has 0 radical (unpaired) electrons. The van der Waals surface area contributed by atoms with Gasteiger partial charge in [0, 0.05) is 11.8 Å². The molecule has 0 N–H and O–H groups in total. The highest BCUT2D eigenvalue weighted by atomic mass is 16.7. The van der Waals surface area contributed by atoms with Crippen molar-refractivity contribution in [2.75, 3.05) is 13.7 Å². The summed E-state index contributed by atoms with van der Waals surface area (Å²) in [6.07, 6.45) is 1.29. The molecule has 6 heteroatoms. The van der Waals surface area contributed by atoms with Crippen molar-refractivity contribution in [1.29, 1.82) is 0 Å². The number of carbonyl (C=O) groups excluding carboxylic acids is 3. The van der Waals surface area contributed by atoms with E-state index in [1.807, 2.05) is 0 Å². The van der Waals surface area contributed by atoms with E-state index in [0.29, 0.717) is 19.3 Å². The lowest BCUT2D eigenvalue weighted by Crippen LogP contribution is -2.49. The third kappa shape index (κ3) is 2.30. The van der Waals surface area contributed by atoms with Crippen molar-refractivity contribution in [2.24, 2.45) is 17.8 Å². The molecule has 1 aliphatic carbocycles. The monoisotopic (exact) mass is 296 g/mol. The van der Waals surface area contributed by atoms with Gasteiger partial charge in [-0.05, 0) is 19.3 Å². The van der Waals surface area contributed by atoms with Gasteiger partial charge < -0.3 is 14.2 Å². The lowest BCUT2D eigenvalue weighted by atomic mass is 9.77. The number of rotatable bonds is 1. The molecular formula is C15H20O6. The molecule has 21 heavy (non-hydrogen) atoms. The van der Waals surface area contributed by atoms with Gasteiger partial charge in [-0.25, -0.2) is 0 Å². The first-order valence-electron chi connectivity index (χ1n) is 7.43. The minimum absolute atomic E-state index is 0.00207. The van der Waals surface area contributed by atoms with Crippen LogP contribution in [0.15, 0.2) is 0 Å². The van der Waals surface area contributed by atoms with Crippen LogP contribution < -0.4 is 0 Å². The second kappa shape index (κ2) is 5.18. The maximum atomic E-state index is 12.6. The Bertz CT molecular complexity index is 487. The van der Waals surface area contributed by atoms with Crippen molar-refractivity contribution in [3.63, 3.8) is 0 Å². The number of methoxy groups -OCH3 is 1. The number of hydrogen-bond acceptors (Lipinski definition) is 6. The third-order valence-corrected chi connectivity index (χ3v) is 4.90. The summed E-state index contributed by atoms with van der Waals surface area (Å²) in [7, 11) is 1.36. The van der Waals surface area contributed by atoms with Gasteiger partial charge in [0.25, 0.3) is 0 Å². The minimum atomic E-state index is -1.40. The van der Waals surface area contributed by atoms with E-state index in [-0.39, 0.29) is 54.4 Å². The van der Waals surface area contributed by atoms with Crippen molar-refractivity contribution >= 4 is 17.5 Å². The number of Topliss-reactive ketones (excluding diaryl/α,β-unsaturated/α-hetero) is 2. The van der Waals surface area contributed by atoms with Crippen LogP contribution in [0.5, 0.6) is 0 Å². The normalized spacial score (nSPS) is 43.0.